The van der Waals surface area contributed by atoms with Crippen molar-refractivity contribution in [3.8, 4) is 0 Å². The lowest BCUT2D eigenvalue weighted by Crippen LogP contribution is -2.55. The summed E-state index contributed by atoms with van der Waals surface area (Å²) >= 11 is 0. The molecule has 1 heterocycles. The Balaban J connectivity index is 1.91. The van der Waals surface area contributed by atoms with Gasteiger partial charge in [-0.1, -0.05) is 19.3 Å². The highest BCUT2D eigenvalue weighted by Crippen LogP contribution is 2.20. The second kappa shape index (κ2) is 6.07. The van der Waals surface area contributed by atoms with Crippen LogP contribution in [-0.4, -0.2) is 35.4 Å². The molecule has 0 spiro atoms. The zero-order chi connectivity index (χ0) is 13.0. The van der Waals surface area contributed by atoms with E-state index < -0.39 is 0 Å². The van der Waals surface area contributed by atoms with Crippen molar-refractivity contribution < 1.29 is 4.79 Å². The molecule has 0 bridgehead atoms. The summed E-state index contributed by atoms with van der Waals surface area (Å²) in [4.78, 5) is 14.0. The zero-order valence-electron chi connectivity index (χ0n) is 11.0. The number of hydrogen-bond acceptors (Lipinski definition) is 2. The molecule has 2 amide bonds. The third kappa shape index (κ3) is 3.15. The van der Waals surface area contributed by atoms with Crippen molar-refractivity contribution in [3.63, 3.8) is 0 Å². The quantitative estimate of drug-likeness (QED) is 0.517. The van der Waals surface area contributed by atoms with Gasteiger partial charge in [-0.25, -0.2) is 4.79 Å². The maximum absolute atomic E-state index is 12.2. The van der Waals surface area contributed by atoms with Crippen molar-refractivity contribution in [1.29, 1.82) is 5.41 Å². The van der Waals surface area contributed by atoms with E-state index >= 15 is 0 Å². The van der Waals surface area contributed by atoms with E-state index in [1.54, 1.807) is 4.90 Å². The molecule has 5 heteroatoms. The zero-order valence-corrected chi connectivity index (χ0v) is 11.0. The Hall–Kier alpha value is -1.26. The van der Waals surface area contributed by atoms with Gasteiger partial charge in [0.1, 0.15) is 5.84 Å². The largest absolute Gasteiger partial charge is 0.386 e. The summed E-state index contributed by atoms with van der Waals surface area (Å²) in [7, 11) is 0. The number of nitrogens with zero attached hydrogens (tertiary/aromatic N) is 1. The molecular weight excluding hydrogens is 228 g/mol. The van der Waals surface area contributed by atoms with Crippen molar-refractivity contribution in [2.45, 2.75) is 63.5 Å². The molecule has 2 rings (SSSR count). The molecule has 102 valence electrons. The summed E-state index contributed by atoms with van der Waals surface area (Å²) < 4.78 is 0. The Morgan fingerprint density at radius 3 is 2.44 bits per heavy atom. The van der Waals surface area contributed by atoms with E-state index in [2.05, 4.69) is 5.32 Å². The number of urea groups is 1. The molecule has 0 radical (unpaired) electrons. The number of carbonyl (C=O) groups excluding carboxylic acids is 1. The van der Waals surface area contributed by atoms with Crippen LogP contribution < -0.4 is 11.1 Å². The monoisotopic (exact) mass is 252 g/mol. The van der Waals surface area contributed by atoms with Gasteiger partial charge in [-0.3, -0.25) is 5.41 Å². The number of piperidine rings is 1. The average Bonchev–Trinajstić information content (AvgIpc) is 2.40. The van der Waals surface area contributed by atoms with Crippen LogP contribution in [-0.2, 0) is 0 Å². The topological polar surface area (TPSA) is 82.2 Å². The fourth-order valence-corrected chi connectivity index (χ4v) is 3.00. The number of nitrogens with one attached hydrogen (secondary N) is 2. The van der Waals surface area contributed by atoms with Crippen LogP contribution in [0.15, 0.2) is 0 Å². The fourth-order valence-electron chi connectivity index (χ4n) is 3.00. The first-order chi connectivity index (χ1) is 8.68. The Labute approximate surface area is 109 Å². The standard InChI is InChI=1S/C13H24N4O/c14-12(15)11-8-4-5-9-17(11)13(18)16-10-6-2-1-3-7-10/h10-11H,1-9H2,(H3,14,15)(H,16,18). The number of amidine groups is 1. The van der Waals surface area contributed by atoms with Gasteiger partial charge in [-0.2, -0.15) is 0 Å². The normalized spacial score (nSPS) is 25.8. The summed E-state index contributed by atoms with van der Waals surface area (Å²) in [5.41, 5.74) is 5.59. The fraction of sp³-hybridized carbons (Fsp3) is 0.846. The predicted molar refractivity (Wildman–Crippen MR) is 71.7 cm³/mol. The SMILES string of the molecule is N=C(N)C1CCCCN1C(=O)NC1CCCCC1. The molecule has 0 aromatic heterocycles. The smallest absolute Gasteiger partial charge is 0.318 e. The van der Waals surface area contributed by atoms with E-state index in [0.29, 0.717) is 6.04 Å². The van der Waals surface area contributed by atoms with Crippen LogP contribution in [0.25, 0.3) is 0 Å². The minimum absolute atomic E-state index is 0.0261. The van der Waals surface area contributed by atoms with Crippen molar-refractivity contribution in [3.05, 3.63) is 0 Å². The Kier molecular flexibility index (Phi) is 4.44. The highest BCUT2D eigenvalue weighted by Gasteiger charge is 2.30. The minimum atomic E-state index is -0.192. The molecule has 2 aliphatic rings. The van der Waals surface area contributed by atoms with E-state index in [1.165, 1.54) is 19.3 Å². The van der Waals surface area contributed by atoms with Crippen molar-refractivity contribution in [2.24, 2.45) is 5.73 Å². The molecule has 1 atom stereocenters. The number of hydrogen-bond donors (Lipinski definition) is 3. The summed E-state index contributed by atoms with van der Waals surface area (Å²) in [5.74, 6) is 0.119. The van der Waals surface area contributed by atoms with Gasteiger partial charge in [0.15, 0.2) is 0 Å². The number of nitrogens with two attached hydrogens (primary N) is 1. The molecule has 2 fully saturated rings. The van der Waals surface area contributed by atoms with Crippen molar-refractivity contribution in [1.82, 2.24) is 10.2 Å². The summed E-state index contributed by atoms with van der Waals surface area (Å²) in [6, 6.07) is 0.102. The maximum atomic E-state index is 12.2. The van der Waals surface area contributed by atoms with E-state index in [0.717, 1.165) is 38.6 Å². The first kappa shape index (κ1) is 13.2. The molecule has 1 saturated heterocycles. The second-order valence-corrected chi connectivity index (χ2v) is 5.44. The van der Waals surface area contributed by atoms with E-state index in [-0.39, 0.29) is 17.9 Å². The van der Waals surface area contributed by atoms with Crippen LogP contribution in [0.4, 0.5) is 4.79 Å². The molecule has 5 nitrogen and oxygen atoms in total. The third-order valence-electron chi connectivity index (χ3n) is 4.06. The van der Waals surface area contributed by atoms with E-state index in [9.17, 15) is 4.79 Å². The molecule has 0 aromatic carbocycles. The van der Waals surface area contributed by atoms with Gasteiger partial charge in [0.25, 0.3) is 0 Å². The lowest BCUT2D eigenvalue weighted by molar-refractivity contribution is 0.165. The molecule has 1 saturated carbocycles. The summed E-state index contributed by atoms with van der Waals surface area (Å²) in [6.45, 7) is 0.725. The maximum Gasteiger partial charge on any atom is 0.318 e. The van der Waals surface area contributed by atoms with Gasteiger partial charge < -0.3 is 16.0 Å². The molecule has 0 aromatic rings. The van der Waals surface area contributed by atoms with E-state index in [4.69, 9.17) is 11.1 Å². The van der Waals surface area contributed by atoms with Crippen LogP contribution in [0.2, 0.25) is 0 Å². The minimum Gasteiger partial charge on any atom is -0.386 e. The summed E-state index contributed by atoms with van der Waals surface area (Å²) in [5, 5.41) is 10.7. The summed E-state index contributed by atoms with van der Waals surface area (Å²) in [6.07, 6.45) is 8.77. The molecule has 4 N–H and O–H groups in total. The van der Waals surface area contributed by atoms with Crippen LogP contribution in [0, 0.1) is 5.41 Å². The molecular formula is C13H24N4O. The van der Waals surface area contributed by atoms with Gasteiger partial charge in [-0.15, -0.1) is 0 Å². The van der Waals surface area contributed by atoms with Gasteiger partial charge >= 0.3 is 6.03 Å². The molecule has 18 heavy (non-hydrogen) atoms. The van der Waals surface area contributed by atoms with Crippen molar-refractivity contribution >= 4 is 11.9 Å². The average molecular weight is 252 g/mol. The Morgan fingerprint density at radius 1 is 1.11 bits per heavy atom. The van der Waals surface area contributed by atoms with Crippen LogP contribution in [0.3, 0.4) is 0 Å². The highest BCUT2D eigenvalue weighted by atomic mass is 16.2. The first-order valence-electron chi connectivity index (χ1n) is 7.09. The lowest BCUT2D eigenvalue weighted by Gasteiger charge is -2.36. The van der Waals surface area contributed by atoms with Crippen LogP contribution in [0.1, 0.15) is 51.4 Å². The lowest BCUT2D eigenvalue weighted by atomic mass is 9.95. The van der Waals surface area contributed by atoms with Gasteiger partial charge in [0.05, 0.1) is 6.04 Å². The number of likely N-dealkylation sites (tertiary alicyclic amines) is 1. The third-order valence-corrected chi connectivity index (χ3v) is 4.06. The van der Waals surface area contributed by atoms with Crippen molar-refractivity contribution in [2.75, 3.05) is 6.54 Å². The number of rotatable bonds is 2. The second-order valence-electron chi connectivity index (χ2n) is 5.44. The first-order valence-corrected chi connectivity index (χ1v) is 7.09. The van der Waals surface area contributed by atoms with E-state index in [1.807, 2.05) is 0 Å². The van der Waals surface area contributed by atoms with Crippen LogP contribution in [0.5, 0.6) is 0 Å². The highest BCUT2D eigenvalue weighted by molar-refractivity contribution is 5.88. The van der Waals surface area contributed by atoms with Crippen LogP contribution >= 0.6 is 0 Å². The molecule has 1 aliphatic carbocycles. The predicted octanol–water partition coefficient (Wildman–Crippen LogP) is 1.82. The van der Waals surface area contributed by atoms with Gasteiger partial charge in [0.2, 0.25) is 0 Å². The number of carbonyl (C=O) groups is 1. The van der Waals surface area contributed by atoms with Gasteiger partial charge in [-0.05, 0) is 32.1 Å². The Morgan fingerprint density at radius 2 is 1.78 bits per heavy atom. The van der Waals surface area contributed by atoms with Gasteiger partial charge in [0, 0.05) is 12.6 Å². The number of amides is 2. The molecule has 1 aliphatic heterocycles. The molecule has 1 unspecified atom stereocenters. The Bertz CT molecular complexity index is 312.